The normalized spacial score (nSPS) is 10.6. The Hall–Kier alpha value is -2.34. The van der Waals surface area contributed by atoms with Gasteiger partial charge in [-0.05, 0) is 23.6 Å². The quantitative estimate of drug-likeness (QED) is 0.664. The molecular formula is C13H12N2O3S. The van der Waals surface area contributed by atoms with Crippen molar-refractivity contribution in [3.63, 3.8) is 0 Å². The Morgan fingerprint density at radius 2 is 2.32 bits per heavy atom. The second-order valence-corrected chi connectivity index (χ2v) is 4.58. The van der Waals surface area contributed by atoms with Crippen molar-refractivity contribution in [3.05, 3.63) is 46.2 Å². The highest BCUT2D eigenvalue weighted by Crippen LogP contribution is 2.23. The molecule has 0 aliphatic rings. The maximum atomic E-state index is 11.8. The summed E-state index contributed by atoms with van der Waals surface area (Å²) >= 11 is 1.51. The van der Waals surface area contributed by atoms with Gasteiger partial charge in [-0.1, -0.05) is 6.07 Å². The molecule has 0 saturated carbocycles. The van der Waals surface area contributed by atoms with Crippen molar-refractivity contribution >= 4 is 23.5 Å². The van der Waals surface area contributed by atoms with Gasteiger partial charge >= 0.3 is 0 Å². The van der Waals surface area contributed by atoms with Crippen LogP contribution in [0.25, 0.3) is 0 Å². The van der Waals surface area contributed by atoms with Crippen LogP contribution < -0.4 is 10.2 Å². The molecule has 2 aromatic rings. The number of carbonyl (C=O) groups excluding carboxylic acids is 1. The predicted molar refractivity (Wildman–Crippen MR) is 74.0 cm³/mol. The maximum absolute atomic E-state index is 11.8. The van der Waals surface area contributed by atoms with Crippen molar-refractivity contribution in [1.82, 2.24) is 5.43 Å². The van der Waals surface area contributed by atoms with Crippen molar-refractivity contribution in [2.45, 2.75) is 0 Å². The third-order valence-electron chi connectivity index (χ3n) is 2.35. The number of benzene rings is 1. The van der Waals surface area contributed by atoms with E-state index in [0.717, 1.165) is 4.88 Å². The Morgan fingerprint density at radius 1 is 1.47 bits per heavy atom. The largest absolute Gasteiger partial charge is 0.507 e. The van der Waals surface area contributed by atoms with E-state index in [2.05, 4.69) is 10.5 Å². The molecule has 1 aromatic heterocycles. The van der Waals surface area contributed by atoms with Crippen LogP contribution in [0, 0.1) is 0 Å². The van der Waals surface area contributed by atoms with Crippen LogP contribution in [0.4, 0.5) is 0 Å². The lowest BCUT2D eigenvalue weighted by Gasteiger charge is -2.05. The third-order valence-corrected chi connectivity index (χ3v) is 3.16. The van der Waals surface area contributed by atoms with E-state index in [1.807, 2.05) is 17.5 Å². The number of methoxy groups -OCH3 is 1. The smallest absolute Gasteiger partial charge is 0.275 e. The molecule has 0 aliphatic carbocycles. The minimum Gasteiger partial charge on any atom is -0.507 e. The van der Waals surface area contributed by atoms with Gasteiger partial charge in [-0.2, -0.15) is 5.10 Å². The topological polar surface area (TPSA) is 70.9 Å². The number of aromatic hydroxyl groups is 1. The van der Waals surface area contributed by atoms with Crippen LogP contribution in [-0.2, 0) is 0 Å². The standard InChI is InChI=1S/C13H12N2O3S/c1-18-9-4-5-11(12(16)7-9)13(17)15-14-8-10-3-2-6-19-10/h2-8,16H,1H3,(H,15,17)/b14-8-. The van der Waals surface area contributed by atoms with Gasteiger partial charge in [-0.15, -0.1) is 11.3 Å². The third kappa shape index (κ3) is 3.32. The Kier molecular flexibility index (Phi) is 4.15. The van der Waals surface area contributed by atoms with Crippen molar-refractivity contribution in [1.29, 1.82) is 0 Å². The van der Waals surface area contributed by atoms with Gasteiger partial charge in [-0.25, -0.2) is 5.43 Å². The summed E-state index contributed by atoms with van der Waals surface area (Å²) in [6, 6.07) is 8.22. The van der Waals surface area contributed by atoms with Gasteiger partial charge in [0.1, 0.15) is 11.5 Å². The van der Waals surface area contributed by atoms with Crippen LogP contribution in [0.15, 0.2) is 40.8 Å². The molecular weight excluding hydrogens is 264 g/mol. The lowest BCUT2D eigenvalue weighted by atomic mass is 10.2. The lowest BCUT2D eigenvalue weighted by Crippen LogP contribution is -2.17. The summed E-state index contributed by atoms with van der Waals surface area (Å²) in [7, 11) is 1.49. The molecule has 0 atom stereocenters. The van der Waals surface area contributed by atoms with E-state index in [0.29, 0.717) is 5.75 Å². The van der Waals surface area contributed by atoms with Gasteiger partial charge in [-0.3, -0.25) is 4.79 Å². The molecule has 0 fully saturated rings. The number of amides is 1. The monoisotopic (exact) mass is 276 g/mol. The van der Waals surface area contributed by atoms with E-state index in [-0.39, 0.29) is 11.3 Å². The van der Waals surface area contributed by atoms with Gasteiger partial charge in [0.15, 0.2) is 0 Å². The molecule has 2 N–H and O–H groups in total. The first-order valence-electron chi connectivity index (χ1n) is 5.44. The van der Waals surface area contributed by atoms with E-state index in [9.17, 15) is 9.90 Å². The number of nitrogens with zero attached hydrogens (tertiary/aromatic N) is 1. The average molecular weight is 276 g/mol. The summed E-state index contributed by atoms with van der Waals surface area (Å²) in [5.41, 5.74) is 2.49. The highest BCUT2D eigenvalue weighted by molar-refractivity contribution is 7.11. The maximum Gasteiger partial charge on any atom is 0.275 e. The fourth-order valence-electron chi connectivity index (χ4n) is 1.41. The molecule has 1 amide bonds. The summed E-state index contributed by atoms with van der Waals surface area (Å²) in [4.78, 5) is 12.7. The molecule has 6 heteroatoms. The van der Waals surface area contributed by atoms with Crippen molar-refractivity contribution in [3.8, 4) is 11.5 Å². The number of ether oxygens (including phenoxy) is 1. The van der Waals surface area contributed by atoms with Crippen molar-refractivity contribution in [2.24, 2.45) is 5.10 Å². The van der Waals surface area contributed by atoms with E-state index in [1.54, 1.807) is 12.3 Å². The van der Waals surface area contributed by atoms with Crippen molar-refractivity contribution < 1.29 is 14.6 Å². The summed E-state index contributed by atoms with van der Waals surface area (Å²) < 4.78 is 4.94. The number of thiophene rings is 1. The highest BCUT2D eigenvalue weighted by Gasteiger charge is 2.10. The number of phenolic OH excluding ortho intramolecular Hbond substituents is 1. The average Bonchev–Trinajstić information content (AvgIpc) is 2.91. The molecule has 19 heavy (non-hydrogen) atoms. The molecule has 98 valence electrons. The Bertz CT molecular complexity index is 594. The summed E-state index contributed by atoms with van der Waals surface area (Å²) in [6.45, 7) is 0. The van der Waals surface area contributed by atoms with Crippen LogP contribution in [0.2, 0.25) is 0 Å². The van der Waals surface area contributed by atoms with Gasteiger partial charge in [0.25, 0.3) is 5.91 Å². The Labute approximate surface area is 114 Å². The first kappa shape index (κ1) is 13.1. The molecule has 1 aromatic carbocycles. The first-order chi connectivity index (χ1) is 9.20. The van der Waals surface area contributed by atoms with E-state index in [1.165, 1.54) is 30.6 Å². The molecule has 0 radical (unpaired) electrons. The summed E-state index contributed by atoms with van der Waals surface area (Å²) in [6.07, 6.45) is 1.54. The summed E-state index contributed by atoms with van der Waals surface area (Å²) in [5.74, 6) is -0.146. The minimum atomic E-state index is -0.479. The molecule has 0 saturated heterocycles. The molecule has 1 heterocycles. The number of hydrazone groups is 1. The lowest BCUT2D eigenvalue weighted by molar-refractivity contribution is 0.0952. The fourth-order valence-corrected chi connectivity index (χ4v) is 1.99. The minimum absolute atomic E-state index is 0.143. The number of carbonyl (C=O) groups is 1. The zero-order chi connectivity index (χ0) is 13.7. The SMILES string of the molecule is COc1ccc(C(=O)N/N=C\c2cccs2)c(O)c1. The second kappa shape index (κ2) is 6.01. The highest BCUT2D eigenvalue weighted by atomic mass is 32.1. The van der Waals surface area contributed by atoms with Crippen LogP contribution in [0.3, 0.4) is 0 Å². The molecule has 0 spiro atoms. The molecule has 5 nitrogen and oxygen atoms in total. The number of rotatable bonds is 4. The zero-order valence-electron chi connectivity index (χ0n) is 10.2. The summed E-state index contributed by atoms with van der Waals surface area (Å²) in [5, 5.41) is 15.4. The van der Waals surface area contributed by atoms with Gasteiger partial charge in [0.2, 0.25) is 0 Å². The van der Waals surface area contributed by atoms with Crippen LogP contribution in [0.1, 0.15) is 15.2 Å². The Morgan fingerprint density at radius 3 is 2.95 bits per heavy atom. The van der Waals surface area contributed by atoms with Crippen LogP contribution in [-0.4, -0.2) is 24.3 Å². The first-order valence-corrected chi connectivity index (χ1v) is 6.32. The van der Waals surface area contributed by atoms with Gasteiger partial charge in [0, 0.05) is 10.9 Å². The van der Waals surface area contributed by atoms with Crippen molar-refractivity contribution in [2.75, 3.05) is 7.11 Å². The van der Waals surface area contributed by atoms with Gasteiger partial charge in [0.05, 0.1) is 18.9 Å². The van der Waals surface area contributed by atoms with E-state index >= 15 is 0 Å². The Balaban J connectivity index is 2.04. The zero-order valence-corrected chi connectivity index (χ0v) is 11.0. The molecule has 0 bridgehead atoms. The number of hydrogen-bond acceptors (Lipinski definition) is 5. The molecule has 2 rings (SSSR count). The molecule has 0 unspecified atom stereocenters. The number of phenols is 1. The van der Waals surface area contributed by atoms with Gasteiger partial charge < -0.3 is 9.84 Å². The molecule has 0 aliphatic heterocycles. The van der Waals surface area contributed by atoms with E-state index in [4.69, 9.17) is 4.74 Å². The number of nitrogens with one attached hydrogen (secondary N) is 1. The van der Waals surface area contributed by atoms with E-state index < -0.39 is 5.91 Å². The number of hydrogen-bond donors (Lipinski definition) is 2. The fraction of sp³-hybridized carbons (Fsp3) is 0.0769. The second-order valence-electron chi connectivity index (χ2n) is 3.60. The van der Waals surface area contributed by atoms with Crippen LogP contribution >= 0.6 is 11.3 Å². The predicted octanol–water partition coefficient (Wildman–Crippen LogP) is 2.23. The van der Waals surface area contributed by atoms with Crippen LogP contribution in [0.5, 0.6) is 11.5 Å².